The van der Waals surface area contributed by atoms with Gasteiger partial charge in [-0.2, -0.15) is 0 Å². The third-order valence-corrected chi connectivity index (χ3v) is 1.88. The molecule has 0 unspecified atom stereocenters. The van der Waals surface area contributed by atoms with Gasteiger partial charge in [-0.15, -0.1) is 0 Å². The zero-order valence-corrected chi connectivity index (χ0v) is 7.77. The molecule has 0 aliphatic carbocycles. The third kappa shape index (κ3) is 1.56. The molecule has 0 aromatic carbocycles. The predicted octanol–water partition coefficient (Wildman–Crippen LogP) is 0.518. The molecule has 5 nitrogen and oxygen atoms in total. The number of hydrogen-bond acceptors (Lipinski definition) is 3. The Balaban J connectivity index is 2.54. The summed E-state index contributed by atoms with van der Waals surface area (Å²) in [7, 11) is 0. The summed E-state index contributed by atoms with van der Waals surface area (Å²) in [5.41, 5.74) is -0.138. The number of aromatic nitrogens is 4. The van der Waals surface area contributed by atoms with E-state index < -0.39 is 0 Å². The Hall–Kier alpha value is -1.91. The van der Waals surface area contributed by atoms with Crippen molar-refractivity contribution in [3.63, 3.8) is 0 Å². The maximum absolute atomic E-state index is 11.2. The molecule has 5 heteroatoms. The molecular weight excluding hydrogens is 180 g/mol. The second-order valence-corrected chi connectivity index (χ2v) is 2.87. The van der Waals surface area contributed by atoms with Crippen LogP contribution in [0.15, 0.2) is 29.6 Å². The Morgan fingerprint density at radius 2 is 2.43 bits per heavy atom. The lowest BCUT2D eigenvalue weighted by atomic mass is 10.4. The molecular formula is C9H10N4O. The van der Waals surface area contributed by atoms with E-state index in [4.69, 9.17) is 0 Å². The first-order valence-corrected chi connectivity index (χ1v) is 4.38. The van der Waals surface area contributed by atoms with E-state index in [-0.39, 0.29) is 5.56 Å². The van der Waals surface area contributed by atoms with Crippen molar-refractivity contribution in [3.8, 4) is 5.82 Å². The number of nitrogens with zero attached hydrogens (tertiary/aromatic N) is 3. The Bertz CT molecular complexity index is 472. The van der Waals surface area contributed by atoms with Gasteiger partial charge in [0.2, 0.25) is 0 Å². The van der Waals surface area contributed by atoms with E-state index in [1.165, 1.54) is 6.07 Å². The molecule has 0 saturated carbocycles. The molecule has 0 fully saturated rings. The van der Waals surface area contributed by atoms with Gasteiger partial charge < -0.3 is 4.98 Å². The summed E-state index contributed by atoms with van der Waals surface area (Å²) in [5.74, 6) is 1.28. The summed E-state index contributed by atoms with van der Waals surface area (Å²) in [6.07, 6.45) is 5.72. The Morgan fingerprint density at radius 1 is 1.57 bits per heavy atom. The van der Waals surface area contributed by atoms with Crippen LogP contribution in [-0.2, 0) is 6.42 Å². The standard InChI is InChI=1S/C9H10N4O/c1-2-7-11-8(5-9(14)12-7)13-4-3-10-6-13/h3-6H,2H2,1H3,(H,11,12,14). The highest BCUT2D eigenvalue weighted by atomic mass is 16.1. The van der Waals surface area contributed by atoms with Gasteiger partial charge in [0.1, 0.15) is 18.0 Å². The number of aryl methyl sites for hydroxylation is 1. The van der Waals surface area contributed by atoms with Gasteiger partial charge in [-0.3, -0.25) is 9.36 Å². The van der Waals surface area contributed by atoms with Gasteiger partial charge in [-0.1, -0.05) is 6.92 Å². The van der Waals surface area contributed by atoms with E-state index in [1.807, 2.05) is 6.92 Å². The first-order chi connectivity index (χ1) is 6.79. The van der Waals surface area contributed by atoms with Gasteiger partial charge in [0, 0.05) is 24.9 Å². The molecule has 1 N–H and O–H groups in total. The second kappa shape index (κ2) is 3.45. The fourth-order valence-electron chi connectivity index (χ4n) is 1.19. The van der Waals surface area contributed by atoms with Gasteiger partial charge in [-0.25, -0.2) is 9.97 Å². The second-order valence-electron chi connectivity index (χ2n) is 2.87. The summed E-state index contributed by atoms with van der Waals surface area (Å²) in [5, 5.41) is 0. The number of imidazole rings is 1. The van der Waals surface area contributed by atoms with Crippen molar-refractivity contribution in [2.45, 2.75) is 13.3 Å². The monoisotopic (exact) mass is 190 g/mol. The van der Waals surface area contributed by atoms with E-state index in [0.717, 1.165) is 0 Å². The summed E-state index contributed by atoms with van der Waals surface area (Å²) in [4.78, 5) is 22.1. The summed E-state index contributed by atoms with van der Waals surface area (Å²) < 4.78 is 1.70. The molecule has 0 amide bonds. The number of aromatic amines is 1. The number of H-pyrrole nitrogens is 1. The summed E-state index contributed by atoms with van der Waals surface area (Å²) in [6, 6.07) is 1.45. The molecule has 14 heavy (non-hydrogen) atoms. The zero-order valence-electron chi connectivity index (χ0n) is 7.77. The molecule has 72 valence electrons. The van der Waals surface area contributed by atoms with Crippen LogP contribution in [0.2, 0.25) is 0 Å². The van der Waals surface area contributed by atoms with Crippen LogP contribution in [0.1, 0.15) is 12.7 Å². The quantitative estimate of drug-likeness (QED) is 0.750. The Morgan fingerprint density at radius 3 is 3.07 bits per heavy atom. The van der Waals surface area contributed by atoms with Crippen molar-refractivity contribution >= 4 is 0 Å². The fraction of sp³-hybridized carbons (Fsp3) is 0.222. The normalized spacial score (nSPS) is 10.4. The minimum Gasteiger partial charge on any atom is -0.310 e. The third-order valence-electron chi connectivity index (χ3n) is 1.88. The van der Waals surface area contributed by atoms with E-state index in [2.05, 4.69) is 15.0 Å². The molecule has 0 aliphatic heterocycles. The van der Waals surface area contributed by atoms with Crippen LogP contribution in [0, 0.1) is 0 Å². The van der Waals surface area contributed by atoms with Gasteiger partial charge in [0.25, 0.3) is 5.56 Å². The van der Waals surface area contributed by atoms with E-state index in [0.29, 0.717) is 18.1 Å². The smallest absolute Gasteiger partial charge is 0.253 e. The SMILES string of the molecule is CCc1nc(-n2ccnc2)cc(=O)[nH]1. The fourth-order valence-corrected chi connectivity index (χ4v) is 1.19. The molecule has 0 radical (unpaired) electrons. The van der Waals surface area contributed by atoms with Crippen molar-refractivity contribution in [2.24, 2.45) is 0 Å². The van der Waals surface area contributed by atoms with Crippen LogP contribution in [0.3, 0.4) is 0 Å². The van der Waals surface area contributed by atoms with Gasteiger partial charge in [-0.05, 0) is 0 Å². The van der Waals surface area contributed by atoms with Crippen LogP contribution in [0.5, 0.6) is 0 Å². The number of hydrogen-bond donors (Lipinski definition) is 1. The Kier molecular flexibility index (Phi) is 2.14. The highest BCUT2D eigenvalue weighted by molar-refractivity contribution is 5.20. The maximum Gasteiger partial charge on any atom is 0.253 e. The molecule has 0 saturated heterocycles. The maximum atomic E-state index is 11.2. The summed E-state index contributed by atoms with van der Waals surface area (Å²) >= 11 is 0. The lowest BCUT2D eigenvalue weighted by Crippen LogP contribution is -2.12. The summed E-state index contributed by atoms with van der Waals surface area (Å²) in [6.45, 7) is 1.94. The van der Waals surface area contributed by atoms with Crippen LogP contribution < -0.4 is 5.56 Å². The zero-order chi connectivity index (χ0) is 9.97. The van der Waals surface area contributed by atoms with Crippen LogP contribution in [-0.4, -0.2) is 19.5 Å². The lowest BCUT2D eigenvalue weighted by molar-refractivity contribution is 0.872. The van der Waals surface area contributed by atoms with Gasteiger partial charge in [0.05, 0.1) is 0 Å². The first kappa shape index (κ1) is 8.68. The van der Waals surface area contributed by atoms with Gasteiger partial charge >= 0.3 is 0 Å². The average molecular weight is 190 g/mol. The molecule has 2 rings (SSSR count). The van der Waals surface area contributed by atoms with Crippen molar-refractivity contribution in [1.82, 2.24) is 19.5 Å². The predicted molar refractivity (Wildman–Crippen MR) is 51.4 cm³/mol. The average Bonchev–Trinajstić information content (AvgIpc) is 2.69. The molecule has 2 aromatic heterocycles. The molecule has 0 bridgehead atoms. The van der Waals surface area contributed by atoms with Crippen LogP contribution in [0.25, 0.3) is 5.82 Å². The molecule has 0 atom stereocenters. The highest BCUT2D eigenvalue weighted by Gasteiger charge is 2.00. The van der Waals surface area contributed by atoms with Crippen molar-refractivity contribution in [2.75, 3.05) is 0 Å². The number of nitrogens with one attached hydrogen (secondary N) is 1. The highest BCUT2D eigenvalue weighted by Crippen LogP contribution is 2.00. The van der Waals surface area contributed by atoms with Crippen molar-refractivity contribution in [3.05, 3.63) is 41.0 Å². The molecule has 2 heterocycles. The van der Waals surface area contributed by atoms with Crippen LogP contribution >= 0.6 is 0 Å². The Labute approximate surface area is 80.5 Å². The largest absolute Gasteiger partial charge is 0.310 e. The van der Waals surface area contributed by atoms with E-state index in [9.17, 15) is 4.79 Å². The van der Waals surface area contributed by atoms with E-state index in [1.54, 1.807) is 23.3 Å². The minimum absolute atomic E-state index is 0.138. The van der Waals surface area contributed by atoms with Gasteiger partial charge in [0.15, 0.2) is 0 Å². The van der Waals surface area contributed by atoms with Crippen molar-refractivity contribution < 1.29 is 0 Å². The minimum atomic E-state index is -0.138. The van der Waals surface area contributed by atoms with Crippen molar-refractivity contribution in [1.29, 1.82) is 0 Å². The first-order valence-electron chi connectivity index (χ1n) is 4.38. The topological polar surface area (TPSA) is 63.6 Å². The molecule has 0 aliphatic rings. The lowest BCUT2D eigenvalue weighted by Gasteiger charge is -2.01. The van der Waals surface area contributed by atoms with E-state index >= 15 is 0 Å². The number of rotatable bonds is 2. The molecule has 0 spiro atoms. The van der Waals surface area contributed by atoms with Crippen LogP contribution in [0.4, 0.5) is 0 Å². The molecule has 2 aromatic rings.